The molecule has 0 radical (unpaired) electrons. The van der Waals surface area contributed by atoms with Gasteiger partial charge in [0, 0.05) is 95.5 Å². The highest BCUT2D eigenvalue weighted by molar-refractivity contribution is 6.03. The summed E-state index contributed by atoms with van der Waals surface area (Å²) in [6, 6.07) is 31.3. The second-order valence-electron chi connectivity index (χ2n) is 21.1. The molecule has 0 unspecified atom stereocenters. The van der Waals surface area contributed by atoms with Crippen molar-refractivity contribution in [3.8, 4) is 23.0 Å². The minimum Gasteiger partial charge on any atom is -0.508 e. The summed E-state index contributed by atoms with van der Waals surface area (Å²) >= 11 is 0. The Hall–Kier alpha value is -8.22. The number of hydrogen-bond donors (Lipinski definition) is 6. The van der Waals surface area contributed by atoms with Gasteiger partial charge in [-0.25, -0.2) is 4.79 Å². The number of aromatic nitrogens is 1. The summed E-state index contributed by atoms with van der Waals surface area (Å²) < 4.78 is 25.1. The van der Waals surface area contributed by atoms with E-state index in [1.807, 2.05) is 60.0 Å². The lowest BCUT2D eigenvalue weighted by Crippen LogP contribution is -2.42. The predicted molar refractivity (Wildman–Crippen MR) is 309 cm³/mol. The van der Waals surface area contributed by atoms with Gasteiger partial charge in [-0.05, 0) is 118 Å². The smallest absolute Gasteiger partial charge is 0.340 e. The fourth-order valence-corrected chi connectivity index (χ4v) is 11.3. The van der Waals surface area contributed by atoms with Gasteiger partial charge in [0.15, 0.2) is 5.60 Å². The molecule has 1 aromatic heterocycles. The van der Waals surface area contributed by atoms with Crippen LogP contribution in [0.2, 0.25) is 0 Å². The van der Waals surface area contributed by atoms with Crippen molar-refractivity contribution in [2.24, 2.45) is 5.92 Å². The van der Waals surface area contributed by atoms with Gasteiger partial charge in [-0.2, -0.15) is 0 Å². The minimum atomic E-state index is -1.42. The number of phenolic OH excluding ortho intramolecular Hbond substituents is 2. The molecule has 1 spiro atoms. The maximum absolute atomic E-state index is 13.8. The molecule has 0 bridgehead atoms. The number of nitrogens with one attached hydrogen (secondary N) is 4. The molecule has 3 aliphatic rings. The van der Waals surface area contributed by atoms with Crippen molar-refractivity contribution in [1.82, 2.24) is 25.8 Å². The van der Waals surface area contributed by atoms with Crippen LogP contribution in [0.4, 0.5) is 5.69 Å². The van der Waals surface area contributed by atoms with Crippen molar-refractivity contribution in [2.45, 2.75) is 109 Å². The van der Waals surface area contributed by atoms with Crippen molar-refractivity contribution in [3.05, 3.63) is 148 Å². The Morgan fingerprint density at radius 2 is 1.34 bits per heavy atom. The Balaban J connectivity index is 0.578. The zero-order valence-corrected chi connectivity index (χ0v) is 46.8. The molecule has 0 saturated heterocycles. The molecule has 3 heterocycles. The summed E-state index contributed by atoms with van der Waals surface area (Å²) in [6.45, 7) is 7.07. The van der Waals surface area contributed by atoms with Gasteiger partial charge < -0.3 is 59.9 Å². The molecule has 6 N–H and O–H groups in total. The van der Waals surface area contributed by atoms with Crippen molar-refractivity contribution in [1.29, 1.82) is 0 Å². The zero-order chi connectivity index (χ0) is 57.6. The van der Waals surface area contributed by atoms with E-state index in [4.69, 9.17) is 18.9 Å². The molecule has 0 atom stereocenters. The Kier molecular flexibility index (Phi) is 19.6. The molecule has 18 nitrogen and oxygen atoms in total. The van der Waals surface area contributed by atoms with E-state index in [9.17, 15) is 39.0 Å². The number of phenols is 2. The van der Waals surface area contributed by atoms with Crippen LogP contribution < -0.4 is 30.9 Å². The standard InChI is InChI=1S/C64H74N6O12/c1-3-42-14-13-16-47(36-42)69(4-2)59(74)41-70-54-17-10-9-15-44(54)38-55(70)62(77)68-46-21-18-43(19-22-46)60(75)66-30-12-8-6-5-7-11-29-65-58(73)28-32-79-34-35-80-33-31-67-61(76)45-20-25-51-50(37-45)63(78)82-64(51)52-26-23-48(71)39-56(52)81-57-40-49(72)24-27-53(57)64/h9-10,13-17,20,23-27,36-40,43,46,71-72H,3-8,11-12,18-19,21-22,28-35,41H2,1-2H3,(H,65,73)(H,66,75)(H,67,76)(H,68,77). The van der Waals surface area contributed by atoms with Gasteiger partial charge in [-0.15, -0.1) is 0 Å². The highest BCUT2D eigenvalue weighted by Gasteiger charge is 2.54. The molecule has 9 rings (SSSR count). The number of para-hydroxylation sites is 1. The van der Waals surface area contributed by atoms with Crippen LogP contribution in [-0.4, -0.2) is 109 Å². The summed E-state index contributed by atoms with van der Waals surface area (Å²) in [4.78, 5) is 81.3. The first kappa shape index (κ1) is 58.4. The first-order valence-electron chi connectivity index (χ1n) is 28.9. The number of aromatic hydroxyl groups is 2. The SMILES string of the molecule is CCc1cccc(N(CC)C(=O)Cn2c(C(=O)NC3CCC(C(=O)NCCCCCCCCNC(=O)CCOCCOCCNC(=O)c4ccc5c(c4)C(=O)OC54c5ccc(O)cc5Oc5cc(O)ccc54)CC3)cc3ccccc32)c1. The number of ether oxygens (including phenoxy) is 4. The quantitative estimate of drug-likeness (QED) is 0.0210. The second kappa shape index (κ2) is 27.5. The van der Waals surface area contributed by atoms with E-state index < -0.39 is 17.5 Å². The lowest BCUT2D eigenvalue weighted by atomic mass is 9.77. The molecular formula is C64H74N6O12. The molecule has 1 saturated carbocycles. The molecule has 6 aromatic rings. The van der Waals surface area contributed by atoms with E-state index in [1.54, 1.807) is 29.2 Å². The number of carbonyl (C=O) groups excluding carboxylic acids is 6. The summed E-state index contributed by atoms with van der Waals surface area (Å²) in [5.41, 5.74) is 3.80. The number of rotatable bonds is 27. The summed E-state index contributed by atoms with van der Waals surface area (Å²) in [5.74, 6) is -0.994. The summed E-state index contributed by atoms with van der Waals surface area (Å²) in [5, 5.41) is 33.3. The fraction of sp³-hybridized carbons (Fsp3) is 0.406. The number of unbranched alkanes of at least 4 members (excludes halogenated alkanes) is 5. The maximum Gasteiger partial charge on any atom is 0.340 e. The largest absolute Gasteiger partial charge is 0.508 e. The van der Waals surface area contributed by atoms with Gasteiger partial charge in [0.25, 0.3) is 11.8 Å². The number of carbonyl (C=O) groups is 6. The zero-order valence-electron chi connectivity index (χ0n) is 46.8. The third-order valence-electron chi connectivity index (χ3n) is 15.7. The molecule has 432 valence electrons. The highest BCUT2D eigenvalue weighted by atomic mass is 16.6. The number of hydrogen-bond acceptors (Lipinski definition) is 12. The van der Waals surface area contributed by atoms with Crippen LogP contribution in [0.15, 0.2) is 109 Å². The van der Waals surface area contributed by atoms with Gasteiger partial charge in [-0.3, -0.25) is 24.0 Å². The van der Waals surface area contributed by atoms with Gasteiger partial charge in [0.2, 0.25) is 17.7 Å². The predicted octanol–water partition coefficient (Wildman–Crippen LogP) is 8.95. The number of esters is 1. The molecule has 2 aliphatic heterocycles. The summed E-state index contributed by atoms with van der Waals surface area (Å²) in [7, 11) is 0. The lowest BCUT2D eigenvalue weighted by Gasteiger charge is -2.36. The van der Waals surface area contributed by atoms with Gasteiger partial charge in [-0.1, -0.05) is 69.0 Å². The number of aryl methyl sites for hydroxylation is 1. The molecular weight excluding hydrogens is 1040 g/mol. The van der Waals surface area contributed by atoms with Crippen LogP contribution >= 0.6 is 0 Å². The number of benzene rings is 5. The second-order valence-corrected chi connectivity index (χ2v) is 21.1. The highest BCUT2D eigenvalue weighted by Crippen LogP contribution is 2.57. The average Bonchev–Trinajstić information content (AvgIpc) is 1.92. The van der Waals surface area contributed by atoms with Gasteiger partial charge in [0.05, 0.1) is 32.0 Å². The van der Waals surface area contributed by atoms with Gasteiger partial charge in [0.1, 0.15) is 35.2 Å². The number of likely N-dealkylation sites (N-methyl/N-ethyl adjacent to an activating group) is 1. The van der Waals surface area contributed by atoms with E-state index in [1.165, 1.54) is 30.3 Å². The van der Waals surface area contributed by atoms with Crippen LogP contribution in [-0.2, 0) is 47.2 Å². The third kappa shape index (κ3) is 13.7. The van der Waals surface area contributed by atoms with E-state index in [2.05, 4.69) is 34.3 Å². The first-order valence-corrected chi connectivity index (χ1v) is 28.9. The normalized spacial score (nSPS) is 15.6. The fourth-order valence-electron chi connectivity index (χ4n) is 11.3. The Bertz CT molecular complexity index is 3220. The average molecular weight is 1120 g/mol. The molecule has 82 heavy (non-hydrogen) atoms. The van der Waals surface area contributed by atoms with E-state index in [-0.39, 0.29) is 116 Å². The third-order valence-corrected chi connectivity index (χ3v) is 15.7. The number of fused-ring (bicyclic) bond motifs is 7. The molecule has 5 amide bonds. The van der Waals surface area contributed by atoms with E-state index in [0.29, 0.717) is 67.7 Å². The Labute approximate surface area is 477 Å². The van der Waals surface area contributed by atoms with E-state index >= 15 is 0 Å². The topological polar surface area (TPSA) is 236 Å². The van der Waals surface area contributed by atoms with Crippen LogP contribution in [0.5, 0.6) is 23.0 Å². The number of amides is 5. The van der Waals surface area contributed by atoms with Crippen LogP contribution in [0.3, 0.4) is 0 Å². The summed E-state index contributed by atoms with van der Waals surface area (Å²) in [6.07, 6.45) is 9.80. The monoisotopic (exact) mass is 1120 g/mol. The number of anilines is 1. The number of nitrogens with zero attached hydrogens (tertiary/aromatic N) is 2. The van der Waals surface area contributed by atoms with Crippen molar-refractivity contribution >= 4 is 52.1 Å². The van der Waals surface area contributed by atoms with Crippen molar-refractivity contribution in [2.75, 3.05) is 57.5 Å². The minimum absolute atomic E-state index is 0.0328. The Morgan fingerprint density at radius 3 is 2.05 bits per heavy atom. The first-order chi connectivity index (χ1) is 39.9. The molecule has 5 aromatic carbocycles. The molecule has 1 fully saturated rings. The van der Waals surface area contributed by atoms with Crippen molar-refractivity contribution < 1.29 is 57.9 Å². The molecule has 1 aliphatic carbocycles. The Morgan fingerprint density at radius 1 is 0.671 bits per heavy atom. The van der Waals surface area contributed by atoms with Crippen LogP contribution in [0, 0.1) is 5.92 Å². The maximum atomic E-state index is 13.8. The lowest BCUT2D eigenvalue weighted by molar-refractivity contribution is -0.126. The van der Waals surface area contributed by atoms with Gasteiger partial charge >= 0.3 is 5.97 Å². The van der Waals surface area contributed by atoms with Crippen LogP contribution in [0.1, 0.15) is 138 Å². The molecule has 18 heteroatoms. The van der Waals surface area contributed by atoms with Crippen LogP contribution in [0.25, 0.3) is 10.9 Å². The van der Waals surface area contributed by atoms with Crippen molar-refractivity contribution in [3.63, 3.8) is 0 Å². The van der Waals surface area contributed by atoms with E-state index in [0.717, 1.165) is 67.1 Å².